The van der Waals surface area contributed by atoms with Crippen LogP contribution < -0.4 is 4.74 Å². The number of fused-ring (bicyclic) bond motifs is 1. The molecule has 0 fully saturated rings. The number of benzene rings is 3. The first-order valence-corrected chi connectivity index (χ1v) is 13.8. The summed E-state index contributed by atoms with van der Waals surface area (Å²) in [6, 6.07) is 25.7. The lowest BCUT2D eigenvalue weighted by Gasteiger charge is -2.30. The van der Waals surface area contributed by atoms with Gasteiger partial charge < -0.3 is 24.3 Å². The Morgan fingerprint density at radius 1 is 0.875 bits per heavy atom. The quantitative estimate of drug-likeness (QED) is 0.231. The van der Waals surface area contributed by atoms with Gasteiger partial charge in [0.15, 0.2) is 0 Å². The van der Waals surface area contributed by atoms with E-state index in [1.165, 1.54) is 0 Å². The molecular weight excluding hydrogens is 502 g/mol. The standard InChI is InChI=1S/C33H39N3O4/c1-4-29(26-10-6-5-7-11-26)33(38)36(20-21-39-2)24-32(37)35(23-25-14-16-28(40-3)17-15-25)19-18-27-22-34-31-13-9-8-12-30(27)31/h5-17,22,29,34H,4,18-21,23-24H2,1-3H3. The molecule has 4 rings (SSSR count). The second kappa shape index (κ2) is 14.3. The zero-order valence-corrected chi connectivity index (χ0v) is 23.6. The highest BCUT2D eigenvalue weighted by Crippen LogP contribution is 2.23. The molecule has 7 nitrogen and oxygen atoms in total. The van der Waals surface area contributed by atoms with Crippen molar-refractivity contribution in [3.63, 3.8) is 0 Å². The number of methoxy groups -OCH3 is 2. The third kappa shape index (κ3) is 7.30. The van der Waals surface area contributed by atoms with E-state index >= 15 is 0 Å². The fourth-order valence-electron chi connectivity index (χ4n) is 5.03. The highest BCUT2D eigenvalue weighted by molar-refractivity contribution is 5.89. The van der Waals surface area contributed by atoms with Crippen LogP contribution in [-0.2, 0) is 27.3 Å². The van der Waals surface area contributed by atoms with Gasteiger partial charge in [-0.25, -0.2) is 0 Å². The van der Waals surface area contributed by atoms with Crippen molar-refractivity contribution in [3.05, 3.63) is 102 Å². The predicted octanol–water partition coefficient (Wildman–Crippen LogP) is 5.42. The SMILES string of the molecule is CCC(C(=O)N(CCOC)CC(=O)N(CCc1c[nH]c2ccccc12)Cc1ccc(OC)cc1)c1ccccc1. The number of ether oxygens (including phenoxy) is 2. The van der Waals surface area contributed by atoms with E-state index in [1.807, 2.05) is 84.8 Å². The van der Waals surface area contributed by atoms with Crippen molar-refractivity contribution in [1.29, 1.82) is 0 Å². The van der Waals surface area contributed by atoms with Crippen LogP contribution in [0.1, 0.15) is 36.0 Å². The van der Waals surface area contributed by atoms with Gasteiger partial charge in [-0.05, 0) is 47.7 Å². The molecule has 0 aliphatic carbocycles. The Morgan fingerprint density at radius 2 is 1.60 bits per heavy atom. The van der Waals surface area contributed by atoms with Gasteiger partial charge in [-0.15, -0.1) is 0 Å². The van der Waals surface area contributed by atoms with Crippen molar-refractivity contribution in [2.45, 2.75) is 32.2 Å². The molecule has 4 aromatic rings. The number of carbonyl (C=O) groups is 2. The molecule has 40 heavy (non-hydrogen) atoms. The number of amides is 2. The van der Waals surface area contributed by atoms with Crippen LogP contribution in [0, 0.1) is 0 Å². The Labute approximate surface area is 236 Å². The van der Waals surface area contributed by atoms with Crippen molar-refractivity contribution in [1.82, 2.24) is 14.8 Å². The fourth-order valence-corrected chi connectivity index (χ4v) is 5.03. The lowest BCUT2D eigenvalue weighted by atomic mass is 9.95. The minimum absolute atomic E-state index is 0.00440. The monoisotopic (exact) mass is 541 g/mol. The summed E-state index contributed by atoms with van der Waals surface area (Å²) in [5.74, 6) is 0.304. The number of aromatic nitrogens is 1. The fraction of sp³-hybridized carbons (Fsp3) is 0.333. The molecular formula is C33H39N3O4. The van der Waals surface area contributed by atoms with Gasteiger partial charge in [0.25, 0.3) is 0 Å². The van der Waals surface area contributed by atoms with E-state index in [1.54, 1.807) is 19.1 Å². The van der Waals surface area contributed by atoms with Crippen LogP contribution in [0.3, 0.4) is 0 Å². The molecule has 0 bridgehead atoms. The second-order valence-electron chi connectivity index (χ2n) is 9.90. The van der Waals surface area contributed by atoms with Gasteiger partial charge in [0.05, 0.1) is 26.2 Å². The highest BCUT2D eigenvalue weighted by atomic mass is 16.5. The van der Waals surface area contributed by atoms with Crippen LogP contribution >= 0.6 is 0 Å². The van der Waals surface area contributed by atoms with Gasteiger partial charge >= 0.3 is 0 Å². The van der Waals surface area contributed by atoms with Gasteiger partial charge in [-0.1, -0.05) is 67.6 Å². The minimum Gasteiger partial charge on any atom is -0.497 e. The third-order valence-corrected chi connectivity index (χ3v) is 7.32. The summed E-state index contributed by atoms with van der Waals surface area (Å²) in [4.78, 5) is 34.4. The maximum absolute atomic E-state index is 13.9. The number of nitrogens with one attached hydrogen (secondary N) is 1. The van der Waals surface area contributed by atoms with Crippen molar-refractivity contribution < 1.29 is 19.1 Å². The number of H-pyrrole nitrogens is 1. The van der Waals surface area contributed by atoms with Crippen LogP contribution in [0.4, 0.5) is 0 Å². The van der Waals surface area contributed by atoms with Gasteiger partial charge in [0, 0.05) is 43.8 Å². The number of carbonyl (C=O) groups excluding carboxylic acids is 2. The first-order valence-electron chi connectivity index (χ1n) is 13.8. The topological polar surface area (TPSA) is 74.9 Å². The molecule has 1 aromatic heterocycles. The van der Waals surface area contributed by atoms with Crippen molar-refractivity contribution in [2.24, 2.45) is 0 Å². The summed E-state index contributed by atoms with van der Waals surface area (Å²) in [6.07, 6.45) is 3.36. The molecule has 0 radical (unpaired) electrons. The molecule has 2 amide bonds. The van der Waals surface area contributed by atoms with Crippen LogP contribution in [0.25, 0.3) is 10.9 Å². The normalized spacial score (nSPS) is 11.8. The highest BCUT2D eigenvalue weighted by Gasteiger charge is 2.27. The van der Waals surface area contributed by atoms with Gasteiger partial charge in [-0.3, -0.25) is 9.59 Å². The molecule has 0 aliphatic heterocycles. The van der Waals surface area contributed by atoms with Crippen LogP contribution in [0.5, 0.6) is 5.75 Å². The van der Waals surface area contributed by atoms with Gasteiger partial charge in [0.2, 0.25) is 11.8 Å². The maximum Gasteiger partial charge on any atom is 0.242 e. The van der Waals surface area contributed by atoms with Gasteiger partial charge in [0.1, 0.15) is 5.75 Å². The van der Waals surface area contributed by atoms with E-state index in [4.69, 9.17) is 9.47 Å². The third-order valence-electron chi connectivity index (χ3n) is 7.32. The lowest BCUT2D eigenvalue weighted by Crippen LogP contribution is -2.46. The predicted molar refractivity (Wildman–Crippen MR) is 158 cm³/mol. The van der Waals surface area contributed by atoms with Crippen molar-refractivity contribution in [2.75, 3.05) is 40.5 Å². The molecule has 1 unspecified atom stereocenters. The molecule has 0 aliphatic rings. The summed E-state index contributed by atoms with van der Waals surface area (Å²) >= 11 is 0. The largest absolute Gasteiger partial charge is 0.497 e. The molecule has 0 spiro atoms. The van der Waals surface area contributed by atoms with Crippen LogP contribution in [0.15, 0.2) is 85.1 Å². The number of rotatable bonds is 14. The summed E-state index contributed by atoms with van der Waals surface area (Å²) in [5.41, 5.74) is 4.19. The number of hydrogen-bond donors (Lipinski definition) is 1. The number of nitrogens with zero attached hydrogens (tertiary/aromatic N) is 2. The summed E-state index contributed by atoms with van der Waals surface area (Å²) in [6.45, 7) is 3.67. The molecule has 1 heterocycles. The second-order valence-corrected chi connectivity index (χ2v) is 9.90. The number of aromatic amines is 1. The van der Waals surface area contributed by atoms with E-state index in [0.717, 1.165) is 33.3 Å². The lowest BCUT2D eigenvalue weighted by molar-refractivity contribution is -0.142. The summed E-state index contributed by atoms with van der Waals surface area (Å²) < 4.78 is 10.6. The Morgan fingerprint density at radius 3 is 2.30 bits per heavy atom. The first-order chi connectivity index (χ1) is 19.5. The maximum atomic E-state index is 13.9. The Hall–Kier alpha value is -4.10. The number of para-hydroxylation sites is 1. The van der Waals surface area contributed by atoms with Crippen LogP contribution in [0.2, 0.25) is 0 Å². The van der Waals surface area contributed by atoms with Crippen molar-refractivity contribution >= 4 is 22.7 Å². The minimum atomic E-state index is -0.313. The first kappa shape index (κ1) is 28.9. The Balaban J connectivity index is 1.55. The molecule has 3 aromatic carbocycles. The summed E-state index contributed by atoms with van der Waals surface area (Å²) in [7, 11) is 3.24. The molecule has 7 heteroatoms. The van der Waals surface area contributed by atoms with Crippen LogP contribution in [-0.4, -0.2) is 67.1 Å². The molecule has 1 N–H and O–H groups in total. The Kier molecular flexibility index (Phi) is 10.4. The smallest absolute Gasteiger partial charge is 0.242 e. The van der Waals surface area contributed by atoms with E-state index in [9.17, 15) is 9.59 Å². The Bertz CT molecular complexity index is 1370. The average molecular weight is 542 g/mol. The molecule has 0 saturated heterocycles. The van der Waals surface area contributed by atoms with E-state index in [-0.39, 0.29) is 24.3 Å². The summed E-state index contributed by atoms with van der Waals surface area (Å²) in [5, 5.41) is 1.16. The molecule has 0 saturated carbocycles. The van der Waals surface area contributed by atoms with Crippen molar-refractivity contribution in [3.8, 4) is 5.75 Å². The van der Waals surface area contributed by atoms with E-state index < -0.39 is 0 Å². The van der Waals surface area contributed by atoms with E-state index in [0.29, 0.717) is 39.1 Å². The van der Waals surface area contributed by atoms with Gasteiger partial charge in [-0.2, -0.15) is 0 Å². The molecule has 1 atom stereocenters. The average Bonchev–Trinajstić information content (AvgIpc) is 3.41. The van der Waals surface area contributed by atoms with E-state index in [2.05, 4.69) is 17.1 Å². The zero-order chi connectivity index (χ0) is 28.3. The number of hydrogen-bond acceptors (Lipinski definition) is 4. The molecule has 210 valence electrons. The zero-order valence-electron chi connectivity index (χ0n) is 23.6.